The van der Waals surface area contributed by atoms with E-state index in [4.69, 9.17) is 0 Å². The summed E-state index contributed by atoms with van der Waals surface area (Å²) in [5.41, 5.74) is 2.66. The van der Waals surface area contributed by atoms with E-state index in [1.54, 1.807) is 11.8 Å². The molecule has 1 heterocycles. The van der Waals surface area contributed by atoms with E-state index in [1.807, 2.05) is 0 Å². The molecule has 2 rings (SSSR count). The smallest absolute Gasteiger partial charge is 0.138 e. The maximum Gasteiger partial charge on any atom is 0.138 e. The van der Waals surface area contributed by atoms with Gasteiger partial charge in [0.2, 0.25) is 0 Å². The molecule has 0 radical (unpaired) electrons. The fourth-order valence-corrected chi connectivity index (χ4v) is 4.87. The van der Waals surface area contributed by atoms with Crippen LogP contribution < -0.4 is 0 Å². The van der Waals surface area contributed by atoms with E-state index in [9.17, 15) is 15.0 Å². The van der Waals surface area contributed by atoms with Crippen molar-refractivity contribution < 1.29 is 15.0 Å². The number of phenols is 1. The van der Waals surface area contributed by atoms with Crippen LogP contribution in [-0.2, 0) is 15.6 Å². The highest BCUT2D eigenvalue weighted by atomic mass is 32.2. The Kier molecular flexibility index (Phi) is 6.47. The number of thioether (sulfide) groups is 1. The van der Waals surface area contributed by atoms with E-state index in [-0.39, 0.29) is 28.9 Å². The van der Waals surface area contributed by atoms with E-state index >= 15 is 0 Å². The zero-order chi connectivity index (χ0) is 19.7. The molecule has 4 nitrogen and oxygen atoms in total. The van der Waals surface area contributed by atoms with Crippen molar-refractivity contribution in [3.05, 3.63) is 28.8 Å². The minimum absolute atomic E-state index is 0.0690. The summed E-state index contributed by atoms with van der Waals surface area (Å²) in [6.45, 7) is 13.5. The summed E-state index contributed by atoms with van der Waals surface area (Å²) in [7, 11) is 0. The Bertz CT molecular complexity index is 611. The third kappa shape index (κ3) is 4.44. The van der Waals surface area contributed by atoms with Crippen LogP contribution in [-0.4, -0.2) is 46.3 Å². The lowest BCUT2D eigenvalue weighted by molar-refractivity contribution is -0.111. The highest BCUT2D eigenvalue weighted by Crippen LogP contribution is 2.46. The lowest BCUT2D eigenvalue weighted by Crippen LogP contribution is -2.35. The second-order valence-electron chi connectivity index (χ2n) is 9.17. The van der Waals surface area contributed by atoms with Crippen molar-refractivity contribution in [3.8, 4) is 5.75 Å². The standard InChI is InChI=1S/C21H33NO3S/c1-20(2,3)16-10-14(11-17(18(16)25)21(4,5)6)19-22(8-7-9-23)15(12-24)13-26-19/h10-12,15,19,23,25H,7-9,13H2,1-6H3. The summed E-state index contributed by atoms with van der Waals surface area (Å²) in [4.78, 5) is 13.7. The van der Waals surface area contributed by atoms with Gasteiger partial charge in [0, 0.05) is 18.9 Å². The van der Waals surface area contributed by atoms with E-state index in [0.717, 1.165) is 28.7 Å². The molecule has 1 aromatic carbocycles. The maximum atomic E-state index is 11.5. The first-order valence-corrected chi connectivity index (χ1v) is 10.4. The Labute approximate surface area is 162 Å². The summed E-state index contributed by atoms with van der Waals surface area (Å²) >= 11 is 1.76. The molecule has 0 aliphatic carbocycles. The van der Waals surface area contributed by atoms with E-state index in [0.29, 0.717) is 18.7 Å². The van der Waals surface area contributed by atoms with Crippen molar-refractivity contribution in [3.63, 3.8) is 0 Å². The summed E-state index contributed by atoms with van der Waals surface area (Å²) in [5.74, 6) is 1.14. The van der Waals surface area contributed by atoms with Gasteiger partial charge in [0.15, 0.2) is 0 Å². The van der Waals surface area contributed by atoms with Gasteiger partial charge in [-0.2, -0.15) is 0 Å². The van der Waals surface area contributed by atoms with Gasteiger partial charge in [-0.1, -0.05) is 41.5 Å². The molecule has 2 unspecified atom stereocenters. The molecule has 1 aliphatic rings. The van der Waals surface area contributed by atoms with Crippen molar-refractivity contribution in [2.75, 3.05) is 18.9 Å². The van der Waals surface area contributed by atoms with Crippen LogP contribution in [0.3, 0.4) is 0 Å². The molecule has 2 N–H and O–H groups in total. The number of nitrogens with zero attached hydrogens (tertiary/aromatic N) is 1. The minimum Gasteiger partial charge on any atom is -0.507 e. The second kappa shape index (κ2) is 7.91. The SMILES string of the molecule is CC(C)(C)c1cc(C2SCC(C=O)N2CCCO)cc(C(C)(C)C)c1O. The number of hydrogen-bond donors (Lipinski definition) is 2. The molecule has 0 aromatic heterocycles. The van der Waals surface area contributed by atoms with Crippen LogP contribution in [0.4, 0.5) is 0 Å². The molecule has 0 spiro atoms. The van der Waals surface area contributed by atoms with Crippen LogP contribution in [0.15, 0.2) is 12.1 Å². The quantitative estimate of drug-likeness (QED) is 0.758. The largest absolute Gasteiger partial charge is 0.507 e. The lowest BCUT2D eigenvalue weighted by atomic mass is 9.78. The fraction of sp³-hybridized carbons (Fsp3) is 0.667. The van der Waals surface area contributed by atoms with Crippen LogP contribution in [0.2, 0.25) is 0 Å². The Hall–Kier alpha value is -1.04. The normalized spacial score (nSPS) is 22.0. The topological polar surface area (TPSA) is 60.8 Å². The molecule has 1 aromatic rings. The molecule has 146 valence electrons. The van der Waals surface area contributed by atoms with Gasteiger partial charge in [-0.05, 0) is 46.1 Å². The Morgan fingerprint density at radius 1 is 1.15 bits per heavy atom. The van der Waals surface area contributed by atoms with Gasteiger partial charge in [-0.25, -0.2) is 0 Å². The average Bonchev–Trinajstić information content (AvgIpc) is 2.93. The number of rotatable bonds is 5. The van der Waals surface area contributed by atoms with Crippen LogP contribution in [0.1, 0.15) is 70.0 Å². The molecule has 0 amide bonds. The van der Waals surface area contributed by atoms with Crippen LogP contribution >= 0.6 is 11.8 Å². The molecule has 0 bridgehead atoms. The molecular weight excluding hydrogens is 346 g/mol. The summed E-state index contributed by atoms with van der Waals surface area (Å²) in [6, 6.07) is 4.07. The number of phenolic OH excluding ortho intramolecular Hbond substituents is 1. The number of hydrogen-bond acceptors (Lipinski definition) is 5. The van der Waals surface area contributed by atoms with Crippen molar-refractivity contribution in [1.82, 2.24) is 4.90 Å². The fourth-order valence-electron chi connectivity index (χ4n) is 3.44. The highest BCUT2D eigenvalue weighted by Gasteiger charge is 2.36. The van der Waals surface area contributed by atoms with Crippen LogP contribution in [0.25, 0.3) is 0 Å². The molecule has 0 saturated carbocycles. The molecule has 1 fully saturated rings. The Morgan fingerprint density at radius 2 is 1.69 bits per heavy atom. The van der Waals surface area contributed by atoms with Crippen molar-refractivity contribution in [1.29, 1.82) is 0 Å². The number of carbonyl (C=O) groups excluding carboxylic acids is 1. The third-order valence-electron chi connectivity index (χ3n) is 4.92. The van der Waals surface area contributed by atoms with Gasteiger partial charge in [-0.3, -0.25) is 4.90 Å². The van der Waals surface area contributed by atoms with Crippen molar-refractivity contribution in [2.24, 2.45) is 0 Å². The predicted molar refractivity (Wildman–Crippen MR) is 109 cm³/mol. The monoisotopic (exact) mass is 379 g/mol. The Morgan fingerprint density at radius 3 is 2.12 bits per heavy atom. The molecule has 26 heavy (non-hydrogen) atoms. The number of aliphatic hydroxyl groups excluding tert-OH is 1. The van der Waals surface area contributed by atoms with Gasteiger partial charge < -0.3 is 15.0 Å². The summed E-state index contributed by atoms with van der Waals surface area (Å²) in [5, 5.41) is 20.2. The zero-order valence-corrected chi connectivity index (χ0v) is 17.7. The highest BCUT2D eigenvalue weighted by molar-refractivity contribution is 7.99. The molecule has 5 heteroatoms. The number of aldehydes is 1. The van der Waals surface area contributed by atoms with Crippen LogP contribution in [0.5, 0.6) is 5.75 Å². The molecule has 1 aliphatic heterocycles. The average molecular weight is 380 g/mol. The number of carbonyl (C=O) groups is 1. The zero-order valence-electron chi connectivity index (χ0n) is 16.9. The van der Waals surface area contributed by atoms with Crippen molar-refractivity contribution in [2.45, 2.75) is 70.2 Å². The first-order valence-electron chi connectivity index (χ1n) is 9.32. The lowest BCUT2D eigenvalue weighted by Gasteiger charge is -2.32. The summed E-state index contributed by atoms with van der Waals surface area (Å²) < 4.78 is 0. The van der Waals surface area contributed by atoms with Gasteiger partial charge in [-0.15, -0.1) is 11.8 Å². The molecule has 1 saturated heterocycles. The molecular formula is C21H33NO3S. The van der Waals surface area contributed by atoms with Gasteiger partial charge in [0.25, 0.3) is 0 Å². The second-order valence-corrected chi connectivity index (χ2v) is 10.3. The molecule has 2 atom stereocenters. The van der Waals surface area contributed by atoms with E-state index in [2.05, 4.69) is 58.6 Å². The van der Waals surface area contributed by atoms with Crippen LogP contribution in [0, 0.1) is 0 Å². The van der Waals surface area contributed by atoms with Crippen molar-refractivity contribution >= 4 is 18.0 Å². The van der Waals surface area contributed by atoms with E-state index in [1.165, 1.54) is 0 Å². The number of aromatic hydroxyl groups is 1. The first-order chi connectivity index (χ1) is 12.0. The number of aliphatic hydroxyl groups is 1. The minimum atomic E-state index is -0.177. The van der Waals surface area contributed by atoms with Gasteiger partial charge >= 0.3 is 0 Å². The maximum absolute atomic E-state index is 11.5. The Balaban J connectivity index is 2.56. The first kappa shape index (κ1) is 21.3. The summed E-state index contributed by atoms with van der Waals surface area (Å²) in [6.07, 6.45) is 1.66. The number of benzene rings is 1. The van der Waals surface area contributed by atoms with Gasteiger partial charge in [0.05, 0.1) is 11.4 Å². The third-order valence-corrected chi connectivity index (χ3v) is 6.31. The van der Waals surface area contributed by atoms with Gasteiger partial charge in [0.1, 0.15) is 12.0 Å². The predicted octanol–water partition coefficient (Wildman–Crippen LogP) is 3.98. The van der Waals surface area contributed by atoms with E-state index < -0.39 is 0 Å².